The van der Waals surface area contributed by atoms with Crippen LogP contribution in [0.25, 0.3) is 0 Å². The van der Waals surface area contributed by atoms with Crippen molar-refractivity contribution in [1.29, 1.82) is 0 Å². The monoisotopic (exact) mass is 332 g/mol. The highest BCUT2D eigenvalue weighted by molar-refractivity contribution is 5.75. The molecule has 1 N–H and O–H groups in total. The lowest BCUT2D eigenvalue weighted by atomic mass is 9.99. The minimum Gasteiger partial charge on any atom is -0.468 e. The smallest absolute Gasteiger partial charge is 0.322 e. The molecule has 1 saturated heterocycles. The van der Waals surface area contributed by atoms with Gasteiger partial charge in [-0.15, -0.1) is 0 Å². The molecule has 0 aliphatic carbocycles. The number of likely N-dealkylation sites (tertiary alicyclic amines) is 1. The number of methoxy groups -OCH3 is 1. The van der Waals surface area contributed by atoms with E-state index in [1.165, 1.54) is 12.7 Å². The Balaban J connectivity index is 1.74. The maximum atomic E-state index is 11.9. The summed E-state index contributed by atoms with van der Waals surface area (Å²) in [6.07, 6.45) is 4.14. The molecule has 4 heteroatoms. The number of carbonyl (C=O) groups excluding carboxylic acids is 1. The molecule has 1 aliphatic heterocycles. The second kappa shape index (κ2) is 9.80. The van der Waals surface area contributed by atoms with Gasteiger partial charge in [0.05, 0.1) is 7.11 Å². The predicted octanol–water partition coefficient (Wildman–Crippen LogP) is 2.87. The van der Waals surface area contributed by atoms with Gasteiger partial charge in [0.15, 0.2) is 0 Å². The Hall–Kier alpha value is -1.39. The standard InChI is InChI=1S/C20H32N2O2/c1-16(2)15-19(20(23)24-3)21-18-10-13-22(14-11-18)12-9-17-7-5-4-6-8-17/h4-8,16,18-19,21H,9-15H2,1-3H3. The highest BCUT2D eigenvalue weighted by atomic mass is 16.5. The largest absolute Gasteiger partial charge is 0.468 e. The van der Waals surface area contributed by atoms with Crippen molar-refractivity contribution in [2.45, 2.75) is 51.6 Å². The molecule has 1 atom stereocenters. The molecule has 1 unspecified atom stereocenters. The van der Waals surface area contributed by atoms with Gasteiger partial charge in [0, 0.05) is 12.6 Å². The second-order valence-electron chi connectivity index (χ2n) is 7.22. The van der Waals surface area contributed by atoms with Crippen molar-refractivity contribution in [3.8, 4) is 0 Å². The first kappa shape index (κ1) is 18.9. The number of hydrogen-bond acceptors (Lipinski definition) is 4. The first-order valence-electron chi connectivity index (χ1n) is 9.18. The lowest BCUT2D eigenvalue weighted by molar-refractivity contribution is -0.143. The average molecular weight is 332 g/mol. The molecule has 0 radical (unpaired) electrons. The molecule has 134 valence electrons. The van der Waals surface area contributed by atoms with Gasteiger partial charge in [-0.2, -0.15) is 0 Å². The molecule has 1 aliphatic rings. The van der Waals surface area contributed by atoms with Crippen LogP contribution in [0.4, 0.5) is 0 Å². The van der Waals surface area contributed by atoms with Gasteiger partial charge in [0.2, 0.25) is 0 Å². The number of hydrogen-bond donors (Lipinski definition) is 1. The van der Waals surface area contributed by atoms with Gasteiger partial charge in [0.1, 0.15) is 6.04 Å². The zero-order chi connectivity index (χ0) is 17.4. The Labute approximate surface area is 146 Å². The number of ether oxygens (including phenoxy) is 1. The SMILES string of the molecule is COC(=O)C(CC(C)C)NC1CCN(CCc2ccccc2)CC1. The molecule has 0 bridgehead atoms. The lowest BCUT2D eigenvalue weighted by Crippen LogP contribution is -2.49. The van der Waals surface area contributed by atoms with Crippen molar-refractivity contribution >= 4 is 5.97 Å². The lowest BCUT2D eigenvalue weighted by Gasteiger charge is -2.34. The Morgan fingerprint density at radius 3 is 2.50 bits per heavy atom. The van der Waals surface area contributed by atoms with Gasteiger partial charge in [-0.25, -0.2) is 0 Å². The number of esters is 1. The van der Waals surface area contributed by atoms with Crippen molar-refractivity contribution in [1.82, 2.24) is 10.2 Å². The Morgan fingerprint density at radius 2 is 1.92 bits per heavy atom. The molecule has 1 fully saturated rings. The topological polar surface area (TPSA) is 41.6 Å². The van der Waals surface area contributed by atoms with Crippen LogP contribution >= 0.6 is 0 Å². The van der Waals surface area contributed by atoms with Crippen molar-refractivity contribution in [3.63, 3.8) is 0 Å². The van der Waals surface area contributed by atoms with E-state index in [0.29, 0.717) is 12.0 Å². The van der Waals surface area contributed by atoms with E-state index in [0.717, 1.165) is 45.3 Å². The maximum absolute atomic E-state index is 11.9. The van der Waals surface area contributed by atoms with Crippen molar-refractivity contribution < 1.29 is 9.53 Å². The molecular formula is C20H32N2O2. The Morgan fingerprint density at radius 1 is 1.25 bits per heavy atom. The molecule has 0 spiro atoms. The zero-order valence-electron chi connectivity index (χ0n) is 15.3. The third-order valence-corrected chi connectivity index (χ3v) is 4.78. The molecule has 0 aromatic heterocycles. The van der Waals surface area contributed by atoms with Crippen LogP contribution in [-0.2, 0) is 16.0 Å². The normalized spacial score (nSPS) is 17.8. The molecule has 1 aromatic rings. The van der Waals surface area contributed by atoms with Crippen LogP contribution < -0.4 is 5.32 Å². The third-order valence-electron chi connectivity index (χ3n) is 4.78. The number of nitrogens with one attached hydrogen (secondary N) is 1. The summed E-state index contributed by atoms with van der Waals surface area (Å²) < 4.78 is 4.95. The summed E-state index contributed by atoms with van der Waals surface area (Å²) in [6, 6.07) is 10.9. The summed E-state index contributed by atoms with van der Waals surface area (Å²) >= 11 is 0. The van der Waals surface area contributed by atoms with Crippen molar-refractivity contribution in [2.75, 3.05) is 26.7 Å². The number of nitrogens with zero attached hydrogens (tertiary/aromatic N) is 1. The predicted molar refractivity (Wildman–Crippen MR) is 98.0 cm³/mol. The number of benzene rings is 1. The molecule has 4 nitrogen and oxygen atoms in total. The second-order valence-corrected chi connectivity index (χ2v) is 7.22. The average Bonchev–Trinajstić information content (AvgIpc) is 2.60. The fraction of sp³-hybridized carbons (Fsp3) is 0.650. The molecule has 1 aromatic carbocycles. The minimum absolute atomic E-state index is 0.129. The van der Waals surface area contributed by atoms with E-state index in [1.54, 1.807) is 0 Å². The van der Waals surface area contributed by atoms with Crippen LogP contribution in [0, 0.1) is 5.92 Å². The molecule has 0 amide bonds. The first-order valence-corrected chi connectivity index (χ1v) is 9.18. The van der Waals surface area contributed by atoms with Gasteiger partial charge in [0.25, 0.3) is 0 Å². The molecule has 2 rings (SSSR count). The van der Waals surface area contributed by atoms with Crippen LogP contribution in [0.3, 0.4) is 0 Å². The number of piperidine rings is 1. The Bertz CT molecular complexity index is 482. The first-order chi connectivity index (χ1) is 11.6. The van der Waals surface area contributed by atoms with Crippen LogP contribution in [0.15, 0.2) is 30.3 Å². The quantitative estimate of drug-likeness (QED) is 0.743. The Kier molecular flexibility index (Phi) is 7.73. The highest BCUT2D eigenvalue weighted by Gasteiger charge is 2.26. The molecule has 0 saturated carbocycles. The van der Waals surface area contributed by atoms with Crippen molar-refractivity contribution in [2.24, 2.45) is 5.92 Å². The van der Waals surface area contributed by atoms with Crippen LogP contribution in [0.1, 0.15) is 38.7 Å². The summed E-state index contributed by atoms with van der Waals surface area (Å²) in [5, 5.41) is 3.53. The number of rotatable bonds is 8. The summed E-state index contributed by atoms with van der Waals surface area (Å²) in [7, 11) is 1.48. The van der Waals surface area contributed by atoms with E-state index < -0.39 is 0 Å². The van der Waals surface area contributed by atoms with Gasteiger partial charge in [-0.1, -0.05) is 44.2 Å². The van der Waals surface area contributed by atoms with E-state index in [4.69, 9.17) is 4.74 Å². The van der Waals surface area contributed by atoms with Crippen molar-refractivity contribution in [3.05, 3.63) is 35.9 Å². The van der Waals surface area contributed by atoms with E-state index in [2.05, 4.69) is 54.4 Å². The van der Waals surface area contributed by atoms with Gasteiger partial charge in [-0.05, 0) is 50.3 Å². The third kappa shape index (κ3) is 6.25. The fourth-order valence-corrected chi connectivity index (χ4v) is 3.39. The van der Waals surface area contributed by atoms with Gasteiger partial charge >= 0.3 is 5.97 Å². The number of carbonyl (C=O) groups is 1. The molecule has 24 heavy (non-hydrogen) atoms. The van der Waals surface area contributed by atoms with Crippen LogP contribution in [0.5, 0.6) is 0 Å². The summed E-state index contributed by atoms with van der Waals surface area (Å²) in [4.78, 5) is 14.5. The van der Waals surface area contributed by atoms with E-state index >= 15 is 0 Å². The van der Waals surface area contributed by atoms with E-state index in [9.17, 15) is 4.79 Å². The van der Waals surface area contributed by atoms with E-state index in [1.807, 2.05) is 0 Å². The molecule has 1 heterocycles. The van der Waals surface area contributed by atoms with Gasteiger partial charge in [-0.3, -0.25) is 4.79 Å². The summed E-state index contributed by atoms with van der Waals surface area (Å²) in [5.41, 5.74) is 1.40. The van der Waals surface area contributed by atoms with E-state index in [-0.39, 0.29) is 12.0 Å². The summed E-state index contributed by atoms with van der Waals surface area (Å²) in [5.74, 6) is 0.350. The zero-order valence-corrected chi connectivity index (χ0v) is 15.3. The van der Waals surface area contributed by atoms with Crippen LogP contribution in [-0.4, -0.2) is 49.7 Å². The summed E-state index contributed by atoms with van der Waals surface area (Å²) in [6.45, 7) is 7.59. The fourth-order valence-electron chi connectivity index (χ4n) is 3.39. The highest BCUT2D eigenvalue weighted by Crippen LogP contribution is 2.15. The minimum atomic E-state index is -0.170. The molecular weight excluding hydrogens is 300 g/mol. The van der Waals surface area contributed by atoms with Gasteiger partial charge < -0.3 is 15.0 Å². The van der Waals surface area contributed by atoms with Crippen LogP contribution in [0.2, 0.25) is 0 Å². The maximum Gasteiger partial charge on any atom is 0.322 e.